The molecular formula is C12H16BrNO2. The highest BCUT2D eigenvalue weighted by Crippen LogP contribution is 2.48. The smallest absolute Gasteiger partial charge is 0.133 e. The highest BCUT2D eigenvalue weighted by molar-refractivity contribution is 9.10. The first-order chi connectivity index (χ1) is 7.62. The van der Waals surface area contributed by atoms with Gasteiger partial charge in [-0.1, -0.05) is 0 Å². The summed E-state index contributed by atoms with van der Waals surface area (Å²) in [5, 5.41) is 0. The lowest BCUT2D eigenvalue weighted by Crippen LogP contribution is -2.43. The van der Waals surface area contributed by atoms with Gasteiger partial charge in [-0.25, -0.2) is 0 Å². The zero-order valence-electron chi connectivity index (χ0n) is 9.55. The van der Waals surface area contributed by atoms with Crippen LogP contribution < -0.4 is 15.2 Å². The second kappa shape index (κ2) is 4.26. The van der Waals surface area contributed by atoms with E-state index in [4.69, 9.17) is 15.2 Å². The van der Waals surface area contributed by atoms with Crippen LogP contribution in [0.15, 0.2) is 16.6 Å². The van der Waals surface area contributed by atoms with E-state index in [1.54, 1.807) is 14.2 Å². The fourth-order valence-electron chi connectivity index (χ4n) is 2.14. The summed E-state index contributed by atoms with van der Waals surface area (Å²) < 4.78 is 11.6. The molecule has 1 fully saturated rings. The van der Waals surface area contributed by atoms with Crippen molar-refractivity contribution >= 4 is 15.9 Å². The quantitative estimate of drug-likeness (QED) is 0.929. The van der Waals surface area contributed by atoms with Gasteiger partial charge in [-0.15, -0.1) is 0 Å². The second-order valence-electron chi connectivity index (χ2n) is 4.17. The lowest BCUT2D eigenvalue weighted by molar-refractivity contribution is 0.241. The molecule has 0 radical (unpaired) electrons. The minimum Gasteiger partial charge on any atom is -0.496 e. The number of benzene rings is 1. The third-order valence-corrected chi connectivity index (χ3v) is 4.04. The number of methoxy groups -OCH3 is 2. The van der Waals surface area contributed by atoms with Crippen LogP contribution in [0.3, 0.4) is 0 Å². The number of nitrogens with two attached hydrogens (primary N) is 1. The number of hydrogen-bond acceptors (Lipinski definition) is 3. The van der Waals surface area contributed by atoms with Crippen molar-refractivity contribution in [3.63, 3.8) is 0 Å². The molecule has 1 aromatic carbocycles. The van der Waals surface area contributed by atoms with Crippen LogP contribution in [0.1, 0.15) is 24.8 Å². The summed E-state index contributed by atoms with van der Waals surface area (Å²) in [6.07, 6.45) is 3.16. The van der Waals surface area contributed by atoms with E-state index in [-0.39, 0.29) is 5.54 Å². The van der Waals surface area contributed by atoms with E-state index in [2.05, 4.69) is 15.9 Å². The van der Waals surface area contributed by atoms with Crippen molar-refractivity contribution in [2.75, 3.05) is 14.2 Å². The molecule has 2 rings (SSSR count). The summed E-state index contributed by atoms with van der Waals surface area (Å²) in [7, 11) is 3.32. The van der Waals surface area contributed by atoms with Gasteiger partial charge in [0.15, 0.2) is 0 Å². The highest BCUT2D eigenvalue weighted by atomic mass is 79.9. The molecule has 0 spiro atoms. The molecule has 88 valence electrons. The Morgan fingerprint density at radius 1 is 1.19 bits per heavy atom. The van der Waals surface area contributed by atoms with Crippen LogP contribution >= 0.6 is 15.9 Å². The Morgan fingerprint density at radius 2 is 1.75 bits per heavy atom. The summed E-state index contributed by atoms with van der Waals surface area (Å²) in [4.78, 5) is 0. The van der Waals surface area contributed by atoms with Gasteiger partial charge in [-0.3, -0.25) is 0 Å². The van der Waals surface area contributed by atoms with E-state index in [1.807, 2.05) is 12.1 Å². The third-order valence-electron chi connectivity index (χ3n) is 3.25. The van der Waals surface area contributed by atoms with Gasteiger partial charge >= 0.3 is 0 Å². The van der Waals surface area contributed by atoms with Crippen LogP contribution in [0, 0.1) is 0 Å². The SMILES string of the molecule is COc1ccc(OC)c(C2(N)CCC2)c1Br. The summed E-state index contributed by atoms with van der Waals surface area (Å²) in [6.45, 7) is 0. The highest BCUT2D eigenvalue weighted by Gasteiger charge is 2.39. The molecule has 1 aliphatic rings. The summed E-state index contributed by atoms with van der Waals surface area (Å²) in [6, 6.07) is 3.79. The van der Waals surface area contributed by atoms with Crippen molar-refractivity contribution in [3.05, 3.63) is 22.2 Å². The molecule has 0 heterocycles. The topological polar surface area (TPSA) is 44.5 Å². The number of rotatable bonds is 3. The van der Waals surface area contributed by atoms with Crippen molar-refractivity contribution in [2.24, 2.45) is 5.73 Å². The molecule has 1 aliphatic carbocycles. The van der Waals surface area contributed by atoms with Crippen molar-refractivity contribution in [1.29, 1.82) is 0 Å². The number of ether oxygens (including phenoxy) is 2. The van der Waals surface area contributed by atoms with Crippen LogP contribution in [-0.2, 0) is 5.54 Å². The molecule has 0 unspecified atom stereocenters. The lowest BCUT2D eigenvalue weighted by Gasteiger charge is -2.40. The largest absolute Gasteiger partial charge is 0.496 e. The Labute approximate surface area is 104 Å². The van der Waals surface area contributed by atoms with Crippen LogP contribution in [-0.4, -0.2) is 14.2 Å². The molecule has 3 nitrogen and oxygen atoms in total. The fourth-order valence-corrected chi connectivity index (χ4v) is 3.02. The standard InChI is InChI=1S/C12H16BrNO2/c1-15-8-4-5-9(16-2)11(13)10(8)12(14)6-3-7-12/h4-5H,3,6-7,14H2,1-2H3. The van der Waals surface area contributed by atoms with Gasteiger partial charge in [0.05, 0.1) is 18.7 Å². The molecular weight excluding hydrogens is 270 g/mol. The maximum atomic E-state index is 6.36. The van der Waals surface area contributed by atoms with Gasteiger partial charge in [0.2, 0.25) is 0 Å². The Morgan fingerprint density at radius 3 is 2.19 bits per heavy atom. The van der Waals surface area contributed by atoms with Gasteiger partial charge in [-0.05, 0) is 47.3 Å². The van der Waals surface area contributed by atoms with Crippen LogP contribution in [0.25, 0.3) is 0 Å². The van der Waals surface area contributed by atoms with Gasteiger partial charge in [-0.2, -0.15) is 0 Å². The first-order valence-electron chi connectivity index (χ1n) is 5.32. The Kier molecular flexibility index (Phi) is 3.13. The van der Waals surface area contributed by atoms with E-state index in [0.29, 0.717) is 0 Å². The van der Waals surface area contributed by atoms with Gasteiger partial charge < -0.3 is 15.2 Å². The molecule has 0 saturated heterocycles. The predicted octanol–water partition coefficient (Wildman–Crippen LogP) is 2.80. The monoisotopic (exact) mass is 285 g/mol. The van der Waals surface area contributed by atoms with Crippen molar-refractivity contribution in [1.82, 2.24) is 0 Å². The van der Waals surface area contributed by atoms with E-state index in [0.717, 1.165) is 34.4 Å². The summed E-state index contributed by atoms with van der Waals surface area (Å²) >= 11 is 3.56. The first-order valence-corrected chi connectivity index (χ1v) is 6.11. The lowest BCUT2D eigenvalue weighted by atomic mass is 9.72. The van der Waals surface area contributed by atoms with E-state index >= 15 is 0 Å². The van der Waals surface area contributed by atoms with Crippen molar-refractivity contribution < 1.29 is 9.47 Å². The zero-order valence-corrected chi connectivity index (χ0v) is 11.1. The van der Waals surface area contributed by atoms with Gasteiger partial charge in [0.25, 0.3) is 0 Å². The Hall–Kier alpha value is -0.740. The average molecular weight is 286 g/mol. The second-order valence-corrected chi connectivity index (χ2v) is 4.96. The maximum Gasteiger partial charge on any atom is 0.133 e. The predicted molar refractivity (Wildman–Crippen MR) is 67.0 cm³/mol. The van der Waals surface area contributed by atoms with Crippen LogP contribution in [0.2, 0.25) is 0 Å². The van der Waals surface area contributed by atoms with Crippen molar-refractivity contribution in [3.8, 4) is 11.5 Å². The van der Waals surface area contributed by atoms with Gasteiger partial charge in [0, 0.05) is 11.1 Å². The molecule has 1 saturated carbocycles. The Bertz CT molecular complexity index is 402. The first kappa shape index (κ1) is 11.7. The van der Waals surface area contributed by atoms with Crippen molar-refractivity contribution in [2.45, 2.75) is 24.8 Å². The van der Waals surface area contributed by atoms with E-state index in [9.17, 15) is 0 Å². The normalized spacial score (nSPS) is 17.8. The molecule has 2 N–H and O–H groups in total. The summed E-state index contributed by atoms with van der Waals surface area (Å²) in [5.74, 6) is 1.63. The van der Waals surface area contributed by atoms with Crippen LogP contribution in [0.4, 0.5) is 0 Å². The van der Waals surface area contributed by atoms with E-state index < -0.39 is 0 Å². The molecule has 0 aromatic heterocycles. The van der Waals surface area contributed by atoms with E-state index in [1.165, 1.54) is 6.42 Å². The number of halogens is 1. The molecule has 0 amide bonds. The molecule has 0 atom stereocenters. The minimum absolute atomic E-state index is 0.265. The maximum absolute atomic E-state index is 6.36. The fraction of sp³-hybridized carbons (Fsp3) is 0.500. The molecule has 16 heavy (non-hydrogen) atoms. The molecule has 0 bridgehead atoms. The zero-order chi connectivity index (χ0) is 11.8. The van der Waals surface area contributed by atoms with Gasteiger partial charge in [0.1, 0.15) is 11.5 Å². The van der Waals surface area contributed by atoms with Crippen LogP contribution in [0.5, 0.6) is 11.5 Å². The molecule has 4 heteroatoms. The third kappa shape index (κ3) is 1.70. The number of hydrogen-bond donors (Lipinski definition) is 1. The molecule has 0 aliphatic heterocycles. The Balaban J connectivity index is 2.55. The summed E-state index contributed by atoms with van der Waals surface area (Å²) in [5.41, 5.74) is 7.12. The average Bonchev–Trinajstić information content (AvgIpc) is 2.25. The molecule has 1 aromatic rings. The minimum atomic E-state index is -0.265.